The van der Waals surface area contributed by atoms with E-state index in [1.54, 1.807) is 25.3 Å². The lowest BCUT2D eigenvalue weighted by Crippen LogP contribution is -2.36. The van der Waals surface area contributed by atoms with Crippen LogP contribution in [-0.4, -0.2) is 43.3 Å². The standard InChI is InChI=1S/C18H20FN3O3/c1-13(25-16-4-2-3-14(19)11-16)18(23)21-17-6-5-15(12-20-17)22-7-9-24-10-8-22/h2-6,11-13H,7-10H2,1H3,(H,20,21,23)/t13-/m0/s1. The minimum absolute atomic E-state index is 0.304. The van der Waals surface area contributed by atoms with Crippen molar-refractivity contribution >= 4 is 17.4 Å². The molecular weight excluding hydrogens is 325 g/mol. The molecule has 1 amide bonds. The first-order valence-corrected chi connectivity index (χ1v) is 8.13. The van der Waals surface area contributed by atoms with Crippen LogP contribution in [-0.2, 0) is 9.53 Å². The van der Waals surface area contributed by atoms with E-state index in [4.69, 9.17) is 9.47 Å². The number of hydrogen-bond acceptors (Lipinski definition) is 5. The number of nitrogens with zero attached hydrogens (tertiary/aromatic N) is 2. The number of pyridine rings is 1. The van der Waals surface area contributed by atoms with Gasteiger partial charge in [-0.25, -0.2) is 9.37 Å². The number of aromatic nitrogens is 1. The molecule has 0 bridgehead atoms. The summed E-state index contributed by atoms with van der Waals surface area (Å²) < 4.78 is 23.9. The van der Waals surface area contributed by atoms with Crippen molar-refractivity contribution in [3.63, 3.8) is 0 Å². The van der Waals surface area contributed by atoms with Crippen molar-refractivity contribution in [3.05, 3.63) is 48.4 Å². The summed E-state index contributed by atoms with van der Waals surface area (Å²) in [5, 5.41) is 2.69. The predicted molar refractivity (Wildman–Crippen MR) is 92.4 cm³/mol. The normalized spacial score (nSPS) is 15.5. The SMILES string of the molecule is C[C@H](Oc1cccc(F)c1)C(=O)Nc1ccc(N2CCOCC2)cn1. The summed E-state index contributed by atoms with van der Waals surface area (Å²) in [4.78, 5) is 18.6. The third kappa shape index (κ3) is 4.67. The van der Waals surface area contributed by atoms with Gasteiger partial charge in [0.2, 0.25) is 0 Å². The fraction of sp³-hybridized carbons (Fsp3) is 0.333. The number of ether oxygens (including phenoxy) is 2. The largest absolute Gasteiger partial charge is 0.481 e. The van der Waals surface area contributed by atoms with Crippen molar-refractivity contribution < 1.29 is 18.7 Å². The molecule has 0 aliphatic carbocycles. The van der Waals surface area contributed by atoms with Crippen LogP contribution in [0, 0.1) is 5.82 Å². The van der Waals surface area contributed by atoms with Gasteiger partial charge in [-0.2, -0.15) is 0 Å². The Labute approximate surface area is 145 Å². The highest BCUT2D eigenvalue weighted by molar-refractivity contribution is 5.93. The average molecular weight is 345 g/mol. The van der Waals surface area contributed by atoms with Crippen molar-refractivity contribution in [2.24, 2.45) is 0 Å². The highest BCUT2D eigenvalue weighted by Gasteiger charge is 2.16. The molecular formula is C18H20FN3O3. The Kier molecular flexibility index (Phi) is 5.45. The molecule has 2 aromatic rings. The molecule has 1 atom stereocenters. The van der Waals surface area contributed by atoms with Gasteiger partial charge < -0.3 is 19.7 Å². The number of carbonyl (C=O) groups is 1. The van der Waals surface area contributed by atoms with Crippen LogP contribution >= 0.6 is 0 Å². The minimum Gasteiger partial charge on any atom is -0.481 e. The smallest absolute Gasteiger partial charge is 0.266 e. The summed E-state index contributed by atoms with van der Waals surface area (Å²) in [6.07, 6.45) is 0.946. The van der Waals surface area contributed by atoms with E-state index in [1.807, 2.05) is 6.07 Å². The summed E-state index contributed by atoms with van der Waals surface area (Å²) in [6, 6.07) is 9.34. The van der Waals surface area contributed by atoms with Crippen molar-refractivity contribution in [1.82, 2.24) is 4.98 Å². The molecule has 2 heterocycles. The van der Waals surface area contributed by atoms with Crippen LogP contribution in [0.5, 0.6) is 5.75 Å². The number of nitrogens with one attached hydrogen (secondary N) is 1. The maximum atomic E-state index is 13.2. The number of benzene rings is 1. The summed E-state index contributed by atoms with van der Waals surface area (Å²) in [6.45, 7) is 4.65. The van der Waals surface area contributed by atoms with Gasteiger partial charge in [-0.3, -0.25) is 4.79 Å². The highest BCUT2D eigenvalue weighted by atomic mass is 19.1. The maximum absolute atomic E-state index is 13.2. The molecule has 1 aromatic heterocycles. The van der Waals surface area contributed by atoms with Crippen molar-refractivity contribution in [2.75, 3.05) is 36.5 Å². The molecule has 1 aliphatic rings. The van der Waals surface area contributed by atoms with Gasteiger partial charge in [-0.1, -0.05) is 6.07 Å². The molecule has 1 fully saturated rings. The van der Waals surface area contributed by atoms with E-state index < -0.39 is 11.9 Å². The lowest BCUT2D eigenvalue weighted by atomic mass is 10.3. The van der Waals surface area contributed by atoms with Gasteiger partial charge in [0.15, 0.2) is 6.10 Å². The molecule has 0 spiro atoms. The molecule has 0 saturated carbocycles. The van der Waals surface area contributed by atoms with Crippen molar-refractivity contribution in [2.45, 2.75) is 13.0 Å². The van der Waals surface area contributed by atoms with Crippen LogP contribution in [0.25, 0.3) is 0 Å². The van der Waals surface area contributed by atoms with Gasteiger partial charge in [0.1, 0.15) is 17.4 Å². The van der Waals surface area contributed by atoms with Gasteiger partial charge >= 0.3 is 0 Å². The molecule has 25 heavy (non-hydrogen) atoms. The number of anilines is 2. The van der Waals surface area contributed by atoms with Crippen LogP contribution in [0.3, 0.4) is 0 Å². The Balaban J connectivity index is 1.56. The molecule has 7 heteroatoms. The van der Waals surface area contributed by atoms with Gasteiger partial charge in [-0.05, 0) is 31.2 Å². The zero-order valence-corrected chi connectivity index (χ0v) is 13.9. The second-order valence-electron chi connectivity index (χ2n) is 5.71. The highest BCUT2D eigenvalue weighted by Crippen LogP contribution is 2.17. The summed E-state index contributed by atoms with van der Waals surface area (Å²) in [7, 11) is 0. The lowest BCUT2D eigenvalue weighted by Gasteiger charge is -2.28. The third-order valence-electron chi connectivity index (χ3n) is 3.85. The quantitative estimate of drug-likeness (QED) is 0.902. The summed E-state index contributed by atoms with van der Waals surface area (Å²) in [5.41, 5.74) is 0.991. The number of halogens is 1. The van der Waals surface area contributed by atoms with Crippen LogP contribution in [0.1, 0.15) is 6.92 Å². The first-order chi connectivity index (χ1) is 12.1. The zero-order valence-electron chi connectivity index (χ0n) is 13.9. The van der Waals surface area contributed by atoms with E-state index in [9.17, 15) is 9.18 Å². The molecule has 1 aromatic carbocycles. The number of amides is 1. The summed E-state index contributed by atoms with van der Waals surface area (Å²) in [5.74, 6) is -0.0173. The molecule has 1 saturated heterocycles. The van der Waals surface area contributed by atoms with Crippen molar-refractivity contribution in [1.29, 1.82) is 0 Å². The molecule has 0 radical (unpaired) electrons. The predicted octanol–water partition coefficient (Wildman–Crippen LogP) is 2.46. The van der Waals surface area contributed by atoms with Crippen LogP contribution in [0.15, 0.2) is 42.6 Å². The van der Waals surface area contributed by atoms with E-state index in [-0.39, 0.29) is 5.91 Å². The van der Waals surface area contributed by atoms with Gasteiger partial charge in [-0.15, -0.1) is 0 Å². The monoisotopic (exact) mass is 345 g/mol. The second kappa shape index (κ2) is 7.94. The molecule has 0 unspecified atom stereocenters. The van der Waals surface area contributed by atoms with Crippen LogP contribution in [0.2, 0.25) is 0 Å². The van der Waals surface area contributed by atoms with E-state index in [2.05, 4.69) is 15.2 Å². The molecule has 3 rings (SSSR count). The van der Waals surface area contributed by atoms with Crippen LogP contribution in [0.4, 0.5) is 15.9 Å². The molecule has 132 valence electrons. The number of carbonyl (C=O) groups excluding carboxylic acids is 1. The van der Waals surface area contributed by atoms with Crippen molar-refractivity contribution in [3.8, 4) is 5.75 Å². The van der Waals surface area contributed by atoms with E-state index >= 15 is 0 Å². The Morgan fingerprint density at radius 3 is 2.80 bits per heavy atom. The first kappa shape index (κ1) is 17.2. The Morgan fingerprint density at radius 2 is 2.12 bits per heavy atom. The third-order valence-corrected chi connectivity index (χ3v) is 3.85. The second-order valence-corrected chi connectivity index (χ2v) is 5.71. The Bertz CT molecular complexity index is 718. The van der Waals surface area contributed by atoms with Gasteiger partial charge in [0.25, 0.3) is 5.91 Å². The topological polar surface area (TPSA) is 63.7 Å². The Morgan fingerprint density at radius 1 is 1.32 bits per heavy atom. The summed E-state index contributed by atoms with van der Waals surface area (Å²) >= 11 is 0. The van der Waals surface area contributed by atoms with E-state index in [0.717, 1.165) is 18.8 Å². The molecule has 1 aliphatic heterocycles. The van der Waals surface area contributed by atoms with Gasteiger partial charge in [0.05, 0.1) is 25.1 Å². The molecule has 6 nitrogen and oxygen atoms in total. The minimum atomic E-state index is -0.775. The zero-order chi connectivity index (χ0) is 17.6. The number of morpholine rings is 1. The fourth-order valence-corrected chi connectivity index (χ4v) is 2.49. The lowest BCUT2D eigenvalue weighted by molar-refractivity contribution is -0.122. The fourth-order valence-electron chi connectivity index (χ4n) is 2.49. The molecule has 1 N–H and O–H groups in total. The number of hydrogen-bond donors (Lipinski definition) is 1. The first-order valence-electron chi connectivity index (χ1n) is 8.13. The van der Waals surface area contributed by atoms with E-state index in [0.29, 0.717) is 24.8 Å². The Hall–Kier alpha value is -2.67. The van der Waals surface area contributed by atoms with E-state index in [1.165, 1.54) is 18.2 Å². The average Bonchev–Trinajstić information content (AvgIpc) is 2.63. The van der Waals surface area contributed by atoms with Gasteiger partial charge in [0, 0.05) is 19.2 Å². The maximum Gasteiger partial charge on any atom is 0.266 e. The van der Waals surface area contributed by atoms with Crippen LogP contribution < -0.4 is 15.0 Å². The number of rotatable bonds is 5.